The second-order valence-corrected chi connectivity index (χ2v) is 10.2. The number of fused-ring (bicyclic) bond motifs is 2. The molecular weight excluding hydrogens is 556 g/mol. The largest absolute Gasteiger partial charge is 0.487 e. The van der Waals surface area contributed by atoms with Gasteiger partial charge in [-0.15, -0.1) is 5.10 Å². The number of benzene rings is 4. The first kappa shape index (κ1) is 29.0. The molecule has 10 nitrogen and oxygen atoms in total. The van der Waals surface area contributed by atoms with Gasteiger partial charge in [0, 0.05) is 43.5 Å². The van der Waals surface area contributed by atoms with Crippen molar-refractivity contribution in [3.63, 3.8) is 0 Å². The van der Waals surface area contributed by atoms with E-state index in [2.05, 4.69) is 68.1 Å². The Bertz CT molecular complexity index is 1860. The Hall–Kier alpha value is -5.06. The minimum atomic E-state index is 0.379. The molecule has 224 valence electrons. The summed E-state index contributed by atoms with van der Waals surface area (Å²) in [6.07, 6.45) is 4.38. The van der Waals surface area contributed by atoms with Gasteiger partial charge < -0.3 is 24.3 Å². The van der Waals surface area contributed by atoms with E-state index in [1.54, 1.807) is 14.2 Å². The Balaban J connectivity index is 1.18. The minimum absolute atomic E-state index is 0.379. The van der Waals surface area contributed by atoms with Gasteiger partial charge in [0.05, 0.1) is 24.9 Å². The fraction of sp³-hybridized carbons (Fsp3) is 0.235. The number of nitrogens with one attached hydrogen (secondary N) is 1. The van der Waals surface area contributed by atoms with Crippen LogP contribution in [-0.2, 0) is 22.4 Å². The number of aryl methyl sites for hydroxylation is 2. The monoisotopic (exact) mass is 590 g/mol. The molecule has 10 heteroatoms. The van der Waals surface area contributed by atoms with Gasteiger partial charge in [0.1, 0.15) is 31.1 Å². The van der Waals surface area contributed by atoms with E-state index in [0.29, 0.717) is 43.7 Å². The van der Waals surface area contributed by atoms with Crippen molar-refractivity contribution in [1.29, 1.82) is 0 Å². The Labute approximate surface area is 255 Å². The first-order valence-corrected chi connectivity index (χ1v) is 14.5. The molecule has 44 heavy (non-hydrogen) atoms. The summed E-state index contributed by atoms with van der Waals surface area (Å²) in [5.41, 5.74) is 4.59. The SMILES string of the molecule is COCCOc1cc2ncnc(Nc3cccc(-c4cn(CCc5ccc6ccccc6c5)nn4)c3)c2cc1OCCOC. The van der Waals surface area contributed by atoms with E-state index in [1.165, 1.54) is 22.7 Å². The van der Waals surface area contributed by atoms with Crippen LogP contribution in [0.2, 0.25) is 0 Å². The molecule has 0 radical (unpaired) electrons. The van der Waals surface area contributed by atoms with Crippen LogP contribution in [0.1, 0.15) is 5.56 Å². The van der Waals surface area contributed by atoms with Crippen LogP contribution in [0, 0.1) is 0 Å². The molecule has 0 aliphatic rings. The van der Waals surface area contributed by atoms with Crippen LogP contribution in [0.4, 0.5) is 11.5 Å². The van der Waals surface area contributed by atoms with E-state index in [0.717, 1.165) is 40.8 Å². The lowest BCUT2D eigenvalue weighted by atomic mass is 10.1. The molecule has 2 heterocycles. The van der Waals surface area contributed by atoms with E-state index in [-0.39, 0.29) is 0 Å². The lowest BCUT2D eigenvalue weighted by molar-refractivity contribution is 0.132. The second-order valence-electron chi connectivity index (χ2n) is 10.2. The number of hydrogen-bond acceptors (Lipinski definition) is 9. The summed E-state index contributed by atoms with van der Waals surface area (Å²) in [7, 11) is 3.27. The van der Waals surface area contributed by atoms with E-state index in [4.69, 9.17) is 18.9 Å². The molecule has 1 N–H and O–H groups in total. The Morgan fingerprint density at radius 2 is 1.55 bits per heavy atom. The number of rotatable bonds is 14. The van der Waals surface area contributed by atoms with E-state index in [9.17, 15) is 0 Å². The molecule has 0 spiro atoms. The molecule has 0 saturated carbocycles. The van der Waals surface area contributed by atoms with Gasteiger partial charge in [-0.2, -0.15) is 0 Å². The fourth-order valence-electron chi connectivity index (χ4n) is 4.93. The molecule has 6 rings (SSSR count). The molecule has 0 unspecified atom stereocenters. The average molecular weight is 591 g/mol. The third-order valence-corrected chi connectivity index (χ3v) is 7.19. The zero-order chi connectivity index (χ0) is 30.1. The van der Waals surface area contributed by atoms with Gasteiger partial charge in [-0.05, 0) is 41.0 Å². The van der Waals surface area contributed by atoms with Crippen LogP contribution >= 0.6 is 0 Å². The Morgan fingerprint density at radius 1 is 0.750 bits per heavy atom. The lowest BCUT2D eigenvalue weighted by Gasteiger charge is -2.15. The maximum Gasteiger partial charge on any atom is 0.163 e. The smallest absolute Gasteiger partial charge is 0.163 e. The van der Waals surface area contributed by atoms with Crippen LogP contribution in [0.25, 0.3) is 32.9 Å². The van der Waals surface area contributed by atoms with Crippen molar-refractivity contribution in [1.82, 2.24) is 25.0 Å². The summed E-state index contributed by atoms with van der Waals surface area (Å²) in [6, 6.07) is 26.8. The van der Waals surface area contributed by atoms with Crippen LogP contribution < -0.4 is 14.8 Å². The molecule has 4 aromatic carbocycles. The zero-order valence-electron chi connectivity index (χ0n) is 24.8. The minimum Gasteiger partial charge on any atom is -0.487 e. The highest BCUT2D eigenvalue weighted by Gasteiger charge is 2.14. The number of anilines is 2. The van der Waals surface area contributed by atoms with E-state index >= 15 is 0 Å². The van der Waals surface area contributed by atoms with Gasteiger partial charge in [-0.1, -0.05) is 59.8 Å². The quantitative estimate of drug-likeness (QED) is 0.151. The predicted molar refractivity (Wildman–Crippen MR) is 171 cm³/mol. The topological polar surface area (TPSA) is 105 Å². The molecule has 0 aliphatic heterocycles. The van der Waals surface area contributed by atoms with Crippen molar-refractivity contribution in [2.24, 2.45) is 0 Å². The summed E-state index contributed by atoms with van der Waals surface area (Å²) < 4.78 is 24.1. The first-order valence-electron chi connectivity index (χ1n) is 14.5. The van der Waals surface area contributed by atoms with E-state index < -0.39 is 0 Å². The standard InChI is InChI=1S/C34H34N6O4/c1-41-14-16-43-32-20-29-30(21-33(32)44-17-15-42-2)35-23-36-34(29)37-28-9-5-8-27(19-28)31-22-40(39-38-31)13-12-24-10-11-25-6-3-4-7-26(25)18-24/h3-11,18-23H,12-17H2,1-2H3,(H,35,36,37). The van der Waals surface area contributed by atoms with Crippen LogP contribution in [0.5, 0.6) is 11.5 Å². The average Bonchev–Trinajstić information content (AvgIpc) is 3.54. The number of ether oxygens (including phenoxy) is 4. The third kappa shape index (κ3) is 6.94. The molecule has 2 aromatic heterocycles. The maximum atomic E-state index is 5.98. The van der Waals surface area contributed by atoms with Crippen LogP contribution in [0.15, 0.2) is 91.4 Å². The number of methoxy groups -OCH3 is 2. The summed E-state index contributed by atoms with van der Waals surface area (Å²) in [6.45, 7) is 2.42. The highest BCUT2D eigenvalue weighted by Crippen LogP contribution is 2.35. The molecular formula is C34H34N6O4. The summed E-state index contributed by atoms with van der Waals surface area (Å²) in [5.74, 6) is 1.81. The summed E-state index contributed by atoms with van der Waals surface area (Å²) >= 11 is 0. The lowest BCUT2D eigenvalue weighted by Crippen LogP contribution is -2.09. The second kappa shape index (κ2) is 13.9. The molecule has 0 atom stereocenters. The molecule has 0 aliphatic carbocycles. The third-order valence-electron chi connectivity index (χ3n) is 7.19. The van der Waals surface area contributed by atoms with Crippen LogP contribution in [-0.4, -0.2) is 65.6 Å². The number of nitrogens with zero attached hydrogens (tertiary/aromatic N) is 5. The molecule has 0 amide bonds. The summed E-state index contributed by atoms with van der Waals surface area (Å²) in [5, 5.41) is 15.6. The summed E-state index contributed by atoms with van der Waals surface area (Å²) in [4.78, 5) is 9.00. The van der Waals surface area contributed by atoms with E-state index in [1.807, 2.05) is 47.3 Å². The fourth-order valence-corrected chi connectivity index (χ4v) is 4.93. The maximum absolute atomic E-state index is 5.98. The van der Waals surface area contributed by atoms with Crippen molar-refractivity contribution < 1.29 is 18.9 Å². The van der Waals surface area contributed by atoms with Gasteiger partial charge in [0.15, 0.2) is 11.5 Å². The Kier molecular flexibility index (Phi) is 9.20. The van der Waals surface area contributed by atoms with Gasteiger partial charge in [0.2, 0.25) is 0 Å². The first-order chi connectivity index (χ1) is 21.7. The molecule has 0 fully saturated rings. The molecule has 0 saturated heterocycles. The molecule has 6 aromatic rings. The number of hydrogen-bond donors (Lipinski definition) is 1. The van der Waals surface area contributed by atoms with Gasteiger partial charge in [0.25, 0.3) is 0 Å². The van der Waals surface area contributed by atoms with Crippen molar-refractivity contribution in [2.75, 3.05) is 46.0 Å². The predicted octanol–water partition coefficient (Wildman–Crippen LogP) is 6.08. The van der Waals surface area contributed by atoms with Crippen molar-refractivity contribution in [3.05, 3.63) is 97.0 Å². The van der Waals surface area contributed by atoms with Crippen molar-refractivity contribution >= 4 is 33.2 Å². The van der Waals surface area contributed by atoms with Gasteiger partial charge in [-0.25, -0.2) is 9.97 Å². The Morgan fingerprint density at radius 3 is 2.36 bits per heavy atom. The zero-order valence-corrected chi connectivity index (χ0v) is 24.8. The molecule has 0 bridgehead atoms. The highest BCUT2D eigenvalue weighted by molar-refractivity contribution is 5.93. The normalized spacial score (nSPS) is 11.2. The van der Waals surface area contributed by atoms with Crippen LogP contribution in [0.3, 0.4) is 0 Å². The van der Waals surface area contributed by atoms with Crippen molar-refractivity contribution in [2.45, 2.75) is 13.0 Å². The highest BCUT2D eigenvalue weighted by atomic mass is 16.5. The van der Waals surface area contributed by atoms with Gasteiger partial charge >= 0.3 is 0 Å². The van der Waals surface area contributed by atoms with Crippen molar-refractivity contribution in [3.8, 4) is 22.8 Å². The number of aromatic nitrogens is 5. The van der Waals surface area contributed by atoms with Gasteiger partial charge in [-0.3, -0.25) is 4.68 Å².